The smallest absolute Gasteiger partial charge is 0.338 e. The van der Waals surface area contributed by atoms with Crippen LogP contribution in [0, 0.1) is 28.1 Å². The van der Waals surface area contributed by atoms with Gasteiger partial charge in [0.25, 0.3) is 0 Å². The van der Waals surface area contributed by atoms with E-state index in [-0.39, 0.29) is 23.7 Å². The number of hydrogen-bond acceptors (Lipinski definition) is 9. The molecule has 10 atom stereocenters. The lowest BCUT2D eigenvalue weighted by Gasteiger charge is -2.47. The maximum absolute atomic E-state index is 12.9. The van der Waals surface area contributed by atoms with Crippen LogP contribution in [-0.4, -0.2) is 68.9 Å². The Morgan fingerprint density at radius 1 is 1.00 bits per heavy atom. The van der Waals surface area contributed by atoms with E-state index in [1.807, 2.05) is 0 Å². The summed E-state index contributed by atoms with van der Waals surface area (Å²) in [5, 5.41) is 0. The van der Waals surface area contributed by atoms with Crippen molar-refractivity contribution in [3.63, 3.8) is 0 Å². The predicted octanol–water partition coefficient (Wildman–Crippen LogP) is 1.21. The van der Waals surface area contributed by atoms with Crippen molar-refractivity contribution in [1.29, 1.82) is 0 Å². The van der Waals surface area contributed by atoms with Gasteiger partial charge in [-0.3, -0.25) is 4.79 Å². The number of carbonyl (C=O) groups is 3. The van der Waals surface area contributed by atoms with Gasteiger partial charge in [-0.1, -0.05) is 20.8 Å². The molecule has 4 saturated heterocycles. The first-order chi connectivity index (χ1) is 14.5. The van der Waals surface area contributed by atoms with E-state index in [2.05, 4.69) is 20.8 Å². The minimum atomic E-state index is -0.949. The van der Waals surface area contributed by atoms with Crippen LogP contribution in [0.1, 0.15) is 40.5 Å². The standard InChI is InChI=1S/C22H30O9/c1-9-13(26-5)10(28-16(9)23)8-21-12-7-11(20(2,3)4)22(21)15(27-6)18(25)31-19(22)30-14(21)17(24)29-12/h9-15,19H,7-8H2,1-6H3/t9-,10?,11-,12?,13+,14?,15-,19?,21?,22?/m0/s1. The molecule has 1 spiro atoms. The summed E-state index contributed by atoms with van der Waals surface area (Å²) in [6.45, 7) is 8.05. The van der Waals surface area contributed by atoms with Crippen LogP contribution in [0.3, 0.4) is 0 Å². The van der Waals surface area contributed by atoms with E-state index >= 15 is 0 Å². The molecule has 0 aromatic rings. The zero-order chi connectivity index (χ0) is 22.5. The molecule has 5 rings (SSSR count). The topological polar surface area (TPSA) is 107 Å². The molecule has 6 unspecified atom stereocenters. The molecule has 5 fully saturated rings. The Balaban J connectivity index is 1.69. The maximum atomic E-state index is 12.9. The molecule has 9 heteroatoms. The summed E-state index contributed by atoms with van der Waals surface area (Å²) in [6.07, 6.45) is -3.52. The molecule has 4 aliphatic heterocycles. The molecule has 5 aliphatic rings. The first kappa shape index (κ1) is 21.2. The molecule has 0 amide bonds. The molecule has 0 aromatic heterocycles. The number of ether oxygens (including phenoxy) is 6. The van der Waals surface area contributed by atoms with Gasteiger partial charge in [0.05, 0.1) is 16.7 Å². The summed E-state index contributed by atoms with van der Waals surface area (Å²) >= 11 is 0. The van der Waals surface area contributed by atoms with Crippen molar-refractivity contribution in [2.45, 2.75) is 77.3 Å². The van der Waals surface area contributed by atoms with Crippen LogP contribution in [0.15, 0.2) is 0 Å². The predicted molar refractivity (Wildman–Crippen MR) is 102 cm³/mol. The molecule has 9 nitrogen and oxygen atoms in total. The second-order valence-corrected chi connectivity index (χ2v) is 10.6. The van der Waals surface area contributed by atoms with Crippen LogP contribution in [0.25, 0.3) is 0 Å². The van der Waals surface area contributed by atoms with Gasteiger partial charge in [-0.05, 0) is 24.7 Å². The molecule has 1 aliphatic carbocycles. The Morgan fingerprint density at radius 3 is 2.32 bits per heavy atom. The normalized spacial score (nSPS) is 50.3. The van der Waals surface area contributed by atoms with Crippen LogP contribution >= 0.6 is 0 Å². The molecule has 0 radical (unpaired) electrons. The number of hydrogen-bond donors (Lipinski definition) is 0. The van der Waals surface area contributed by atoms with E-state index in [0.717, 1.165) is 0 Å². The molecular weight excluding hydrogens is 408 g/mol. The van der Waals surface area contributed by atoms with Crippen molar-refractivity contribution in [3.05, 3.63) is 0 Å². The fourth-order valence-electron chi connectivity index (χ4n) is 7.42. The fourth-order valence-corrected chi connectivity index (χ4v) is 7.42. The quantitative estimate of drug-likeness (QED) is 0.473. The third-order valence-electron chi connectivity index (χ3n) is 8.46. The number of methoxy groups -OCH3 is 2. The van der Waals surface area contributed by atoms with Crippen LogP contribution in [0.4, 0.5) is 0 Å². The first-order valence-corrected chi connectivity index (χ1v) is 10.9. The number of esters is 3. The van der Waals surface area contributed by atoms with E-state index < -0.39 is 65.5 Å². The van der Waals surface area contributed by atoms with E-state index in [0.29, 0.717) is 6.42 Å². The summed E-state index contributed by atoms with van der Waals surface area (Å²) in [6, 6.07) is 0. The van der Waals surface area contributed by atoms with E-state index in [9.17, 15) is 14.4 Å². The van der Waals surface area contributed by atoms with Gasteiger partial charge in [-0.15, -0.1) is 0 Å². The number of carbonyl (C=O) groups excluding carboxylic acids is 3. The Labute approximate surface area is 181 Å². The van der Waals surface area contributed by atoms with Crippen molar-refractivity contribution < 1.29 is 42.8 Å². The second-order valence-electron chi connectivity index (χ2n) is 10.6. The van der Waals surface area contributed by atoms with Gasteiger partial charge in [-0.2, -0.15) is 0 Å². The van der Waals surface area contributed by atoms with Gasteiger partial charge in [-0.25, -0.2) is 9.59 Å². The minimum absolute atomic E-state index is 0.0972. The summed E-state index contributed by atoms with van der Waals surface area (Å²) in [5.74, 6) is -1.85. The highest BCUT2D eigenvalue weighted by Crippen LogP contribution is 2.76. The lowest BCUT2D eigenvalue weighted by atomic mass is 9.53. The second kappa shape index (κ2) is 6.42. The molecule has 172 valence electrons. The largest absolute Gasteiger partial charge is 0.460 e. The van der Waals surface area contributed by atoms with Crippen LogP contribution < -0.4 is 0 Å². The van der Waals surface area contributed by atoms with Crippen LogP contribution in [-0.2, 0) is 42.8 Å². The Kier molecular flexibility index (Phi) is 4.38. The van der Waals surface area contributed by atoms with Crippen molar-refractivity contribution in [1.82, 2.24) is 0 Å². The van der Waals surface area contributed by atoms with Crippen LogP contribution in [0.5, 0.6) is 0 Å². The SMILES string of the molecule is CO[C@H]1C(CC23C4C[C@@H](C(C)(C)C)C25C(OC(=O)[C@@H]5OC)OC3C(=O)O4)OC(=O)[C@H]1C. The number of cyclic esters (lactones) is 1. The third kappa shape index (κ3) is 2.30. The fraction of sp³-hybridized carbons (Fsp3) is 0.864. The Bertz CT molecular complexity index is 833. The highest BCUT2D eigenvalue weighted by molar-refractivity contribution is 5.85. The lowest BCUT2D eigenvalue weighted by Crippen LogP contribution is -2.58. The lowest BCUT2D eigenvalue weighted by molar-refractivity contribution is -0.180. The van der Waals surface area contributed by atoms with Gasteiger partial charge >= 0.3 is 17.9 Å². The van der Waals surface area contributed by atoms with Crippen molar-refractivity contribution in [2.75, 3.05) is 14.2 Å². The Morgan fingerprint density at radius 2 is 1.71 bits per heavy atom. The summed E-state index contributed by atoms with van der Waals surface area (Å²) in [7, 11) is 3.02. The summed E-state index contributed by atoms with van der Waals surface area (Å²) in [5.41, 5.74) is -2.15. The summed E-state index contributed by atoms with van der Waals surface area (Å²) < 4.78 is 34.7. The van der Waals surface area contributed by atoms with Gasteiger partial charge < -0.3 is 28.4 Å². The molecule has 0 N–H and O–H groups in total. The average molecular weight is 438 g/mol. The molecule has 4 heterocycles. The maximum Gasteiger partial charge on any atom is 0.338 e. The minimum Gasteiger partial charge on any atom is -0.460 e. The average Bonchev–Trinajstić information content (AvgIpc) is 3.36. The van der Waals surface area contributed by atoms with Crippen molar-refractivity contribution in [2.24, 2.45) is 28.1 Å². The molecular formula is C22H30O9. The molecule has 0 bridgehead atoms. The highest BCUT2D eigenvalue weighted by Gasteiger charge is 2.88. The van der Waals surface area contributed by atoms with Gasteiger partial charge in [0.2, 0.25) is 6.29 Å². The Hall–Kier alpha value is -1.71. The number of rotatable bonds is 4. The van der Waals surface area contributed by atoms with Crippen molar-refractivity contribution in [3.8, 4) is 0 Å². The van der Waals surface area contributed by atoms with Gasteiger partial charge in [0.15, 0.2) is 12.2 Å². The van der Waals surface area contributed by atoms with E-state index in [1.165, 1.54) is 7.11 Å². The van der Waals surface area contributed by atoms with Gasteiger partial charge in [0.1, 0.15) is 18.3 Å². The zero-order valence-corrected chi connectivity index (χ0v) is 18.7. The summed E-state index contributed by atoms with van der Waals surface area (Å²) in [4.78, 5) is 38.1. The highest BCUT2D eigenvalue weighted by atomic mass is 16.7. The van der Waals surface area contributed by atoms with Gasteiger partial charge in [0, 0.05) is 20.6 Å². The molecule has 0 aromatic carbocycles. The van der Waals surface area contributed by atoms with E-state index in [4.69, 9.17) is 28.4 Å². The molecule has 1 saturated carbocycles. The van der Waals surface area contributed by atoms with Crippen molar-refractivity contribution >= 4 is 17.9 Å². The monoisotopic (exact) mass is 438 g/mol. The zero-order valence-electron chi connectivity index (χ0n) is 18.7. The van der Waals surface area contributed by atoms with Crippen LogP contribution in [0.2, 0.25) is 0 Å². The molecule has 31 heavy (non-hydrogen) atoms. The third-order valence-corrected chi connectivity index (χ3v) is 8.46. The first-order valence-electron chi connectivity index (χ1n) is 10.9. The van der Waals surface area contributed by atoms with E-state index in [1.54, 1.807) is 14.0 Å².